The van der Waals surface area contributed by atoms with E-state index in [0.29, 0.717) is 29.5 Å². The highest BCUT2D eigenvalue weighted by atomic mass is 19.4. The van der Waals surface area contributed by atoms with Gasteiger partial charge in [0.2, 0.25) is 5.95 Å². The molecule has 1 fully saturated rings. The van der Waals surface area contributed by atoms with E-state index in [9.17, 15) is 18.0 Å². The van der Waals surface area contributed by atoms with E-state index >= 15 is 0 Å². The van der Waals surface area contributed by atoms with Crippen LogP contribution in [0.5, 0.6) is 5.75 Å². The number of hydrogen-bond donors (Lipinski definition) is 4. The number of carbonyl (C=O) groups excluding carboxylic acids is 1. The molecule has 11 nitrogen and oxygen atoms in total. The second-order valence-electron chi connectivity index (χ2n) is 7.96. The zero-order chi connectivity index (χ0) is 25.2. The summed E-state index contributed by atoms with van der Waals surface area (Å²) >= 11 is 0. The van der Waals surface area contributed by atoms with Crippen LogP contribution in [0.4, 0.5) is 29.7 Å². The molecule has 186 valence electrons. The van der Waals surface area contributed by atoms with E-state index in [2.05, 4.69) is 45.0 Å². The van der Waals surface area contributed by atoms with Gasteiger partial charge in [0, 0.05) is 36.5 Å². The maximum absolute atomic E-state index is 12.8. The molecule has 3 aromatic heterocycles. The van der Waals surface area contributed by atoms with Crippen LogP contribution in [-0.4, -0.2) is 57.1 Å². The zero-order valence-electron chi connectivity index (χ0n) is 18.8. The molecule has 1 saturated carbocycles. The maximum Gasteiger partial charge on any atom is 0.573 e. The lowest BCUT2D eigenvalue weighted by atomic mass is 10.1. The molecule has 1 atom stereocenters. The van der Waals surface area contributed by atoms with Crippen molar-refractivity contribution in [2.75, 3.05) is 24.7 Å². The van der Waals surface area contributed by atoms with Gasteiger partial charge in [-0.25, -0.2) is 24.7 Å². The van der Waals surface area contributed by atoms with Crippen LogP contribution in [0, 0.1) is 0 Å². The van der Waals surface area contributed by atoms with Gasteiger partial charge < -0.3 is 30.8 Å². The fourth-order valence-corrected chi connectivity index (χ4v) is 3.27. The smallest absolute Gasteiger partial charge is 0.453 e. The summed E-state index contributed by atoms with van der Waals surface area (Å²) in [6, 6.07) is 2.52. The van der Waals surface area contributed by atoms with Gasteiger partial charge in [-0.05, 0) is 31.9 Å². The van der Waals surface area contributed by atoms with Gasteiger partial charge >= 0.3 is 12.5 Å². The number of imidazole rings is 1. The number of nitrogens with two attached hydrogens (primary N) is 1. The largest absolute Gasteiger partial charge is 0.573 e. The number of nitrogens with zero attached hydrogens (tertiary/aromatic N) is 4. The van der Waals surface area contributed by atoms with E-state index in [0.717, 1.165) is 18.9 Å². The molecule has 1 unspecified atom stereocenters. The van der Waals surface area contributed by atoms with Crippen LogP contribution in [-0.2, 0) is 4.74 Å². The summed E-state index contributed by atoms with van der Waals surface area (Å²) in [4.78, 5) is 31.7. The Balaban J connectivity index is 1.64. The maximum atomic E-state index is 12.8. The van der Waals surface area contributed by atoms with Crippen molar-refractivity contribution in [3.05, 3.63) is 30.4 Å². The number of nitrogen functional groups attached to an aromatic ring is 1. The molecule has 0 saturated heterocycles. The molecule has 0 bridgehead atoms. The SMILES string of the molecule is COC(=O)NC(C)CNc1nccc(-c2[nH]c(C3CC3)nc2-c2cnc(N)c(OC(F)(F)F)c2)n1. The molecule has 0 aromatic carbocycles. The topological polar surface area (TPSA) is 153 Å². The minimum absolute atomic E-state index is 0.236. The van der Waals surface area contributed by atoms with Gasteiger partial charge in [0.25, 0.3) is 0 Å². The molecular weight excluding hydrogens is 469 g/mol. The summed E-state index contributed by atoms with van der Waals surface area (Å²) in [6.45, 7) is 2.10. The van der Waals surface area contributed by atoms with Gasteiger partial charge in [0.15, 0.2) is 11.6 Å². The molecule has 0 radical (unpaired) electrons. The highest BCUT2D eigenvalue weighted by Crippen LogP contribution is 2.42. The number of aromatic nitrogens is 5. The number of hydrogen-bond acceptors (Lipinski definition) is 9. The summed E-state index contributed by atoms with van der Waals surface area (Å²) in [5.41, 5.74) is 7.16. The third-order valence-electron chi connectivity index (χ3n) is 5.09. The van der Waals surface area contributed by atoms with Crippen LogP contribution < -0.4 is 21.1 Å². The average molecular weight is 492 g/mol. The Morgan fingerprint density at radius 1 is 1.31 bits per heavy atom. The van der Waals surface area contributed by atoms with Crippen LogP contribution in [0.25, 0.3) is 22.6 Å². The van der Waals surface area contributed by atoms with Crippen molar-refractivity contribution in [3.63, 3.8) is 0 Å². The first-order valence-corrected chi connectivity index (χ1v) is 10.7. The number of pyridine rings is 1. The number of rotatable bonds is 8. The standard InChI is InChI=1S/C21H23F3N8O3/c1-10(29-20(33)34-2)8-28-19-26-6-5-13(30-19)16-15(31-18(32-16)11-3-4-11)12-7-14(17(25)27-9-12)35-21(22,23)24/h5-7,9-11H,3-4,8H2,1-2H3,(H2,25,27)(H,29,33)(H,31,32)(H,26,28,30). The van der Waals surface area contributed by atoms with E-state index in [1.807, 2.05) is 0 Å². The number of H-pyrrole nitrogens is 1. The molecule has 14 heteroatoms. The Hall–Kier alpha value is -4.10. The Kier molecular flexibility index (Phi) is 6.62. The number of alkyl carbamates (subject to hydrolysis) is 1. The Labute approximate surface area is 197 Å². The average Bonchev–Trinajstić information content (AvgIpc) is 3.57. The van der Waals surface area contributed by atoms with Crippen LogP contribution in [0.2, 0.25) is 0 Å². The van der Waals surface area contributed by atoms with E-state index in [4.69, 9.17) is 5.73 Å². The molecule has 3 heterocycles. The number of anilines is 2. The van der Waals surface area contributed by atoms with Gasteiger partial charge in [-0.3, -0.25) is 0 Å². The van der Waals surface area contributed by atoms with E-state index < -0.39 is 24.0 Å². The molecule has 0 aliphatic heterocycles. The van der Waals surface area contributed by atoms with Crippen molar-refractivity contribution in [2.45, 2.75) is 38.1 Å². The fourth-order valence-electron chi connectivity index (χ4n) is 3.27. The third-order valence-corrected chi connectivity index (χ3v) is 5.09. The summed E-state index contributed by atoms with van der Waals surface area (Å²) in [5, 5.41) is 5.65. The fraction of sp³-hybridized carbons (Fsp3) is 0.381. The van der Waals surface area contributed by atoms with Gasteiger partial charge in [0.05, 0.1) is 24.2 Å². The van der Waals surface area contributed by atoms with Gasteiger partial charge in [-0.15, -0.1) is 13.2 Å². The monoisotopic (exact) mass is 492 g/mol. The zero-order valence-corrected chi connectivity index (χ0v) is 18.8. The normalized spacial score (nSPS) is 14.3. The summed E-state index contributed by atoms with van der Waals surface area (Å²) < 4.78 is 47.0. The number of ether oxygens (including phenoxy) is 2. The van der Waals surface area contributed by atoms with Gasteiger partial charge in [-0.1, -0.05) is 0 Å². The van der Waals surface area contributed by atoms with Gasteiger partial charge in [0.1, 0.15) is 5.82 Å². The number of carbonyl (C=O) groups is 1. The van der Waals surface area contributed by atoms with E-state index in [1.165, 1.54) is 19.5 Å². The van der Waals surface area contributed by atoms with Crippen molar-refractivity contribution in [2.24, 2.45) is 0 Å². The lowest BCUT2D eigenvalue weighted by molar-refractivity contribution is -0.274. The predicted octanol–water partition coefficient (Wildman–Crippen LogP) is 3.44. The van der Waals surface area contributed by atoms with E-state index in [1.54, 1.807) is 13.0 Å². The first-order chi connectivity index (χ1) is 16.6. The molecular formula is C21H23F3N8O3. The highest BCUT2D eigenvalue weighted by Gasteiger charge is 2.33. The highest BCUT2D eigenvalue weighted by molar-refractivity contribution is 5.78. The number of alkyl halides is 3. The van der Waals surface area contributed by atoms with Crippen molar-refractivity contribution >= 4 is 17.9 Å². The molecule has 1 aliphatic rings. The van der Waals surface area contributed by atoms with Crippen molar-refractivity contribution in [1.82, 2.24) is 30.2 Å². The predicted molar refractivity (Wildman–Crippen MR) is 119 cm³/mol. The summed E-state index contributed by atoms with van der Waals surface area (Å²) in [7, 11) is 1.27. The van der Waals surface area contributed by atoms with Crippen LogP contribution in [0.1, 0.15) is 31.5 Å². The number of amides is 1. The molecule has 3 aromatic rings. The molecule has 5 N–H and O–H groups in total. The number of halogens is 3. The van der Waals surface area contributed by atoms with Crippen LogP contribution in [0.3, 0.4) is 0 Å². The van der Waals surface area contributed by atoms with Crippen molar-refractivity contribution in [3.8, 4) is 28.4 Å². The second-order valence-corrected chi connectivity index (χ2v) is 7.96. The Bertz CT molecular complexity index is 1210. The van der Waals surface area contributed by atoms with Crippen molar-refractivity contribution < 1.29 is 27.4 Å². The lowest BCUT2D eigenvalue weighted by Gasteiger charge is -2.14. The molecule has 35 heavy (non-hydrogen) atoms. The van der Waals surface area contributed by atoms with Crippen LogP contribution in [0.15, 0.2) is 24.5 Å². The minimum atomic E-state index is -4.92. The number of nitrogens with one attached hydrogen (secondary N) is 3. The molecule has 0 spiro atoms. The number of methoxy groups -OCH3 is 1. The molecule has 1 aliphatic carbocycles. The summed E-state index contributed by atoms with van der Waals surface area (Å²) in [6.07, 6.45) is -0.712. The first kappa shape index (κ1) is 24.0. The molecule has 1 amide bonds. The second kappa shape index (κ2) is 9.64. The molecule has 4 rings (SSSR count). The third kappa shape index (κ3) is 6.07. The van der Waals surface area contributed by atoms with Crippen molar-refractivity contribution in [1.29, 1.82) is 0 Å². The van der Waals surface area contributed by atoms with Gasteiger partial charge in [-0.2, -0.15) is 0 Å². The summed E-state index contributed by atoms with van der Waals surface area (Å²) in [5.74, 6) is 0.211. The lowest BCUT2D eigenvalue weighted by Crippen LogP contribution is -2.37. The quantitative estimate of drug-likeness (QED) is 0.370. The first-order valence-electron chi connectivity index (χ1n) is 10.7. The number of aromatic amines is 1. The van der Waals surface area contributed by atoms with Crippen LogP contribution >= 0.6 is 0 Å². The Morgan fingerprint density at radius 3 is 2.77 bits per heavy atom. The Morgan fingerprint density at radius 2 is 2.09 bits per heavy atom. The minimum Gasteiger partial charge on any atom is -0.453 e. The van der Waals surface area contributed by atoms with E-state index in [-0.39, 0.29) is 23.5 Å².